The van der Waals surface area contributed by atoms with Gasteiger partial charge in [-0.3, -0.25) is 15.2 Å². The average Bonchev–Trinajstić information content (AvgIpc) is 3.20. The maximum absolute atomic E-state index is 11.2. The number of non-ortho nitro benzene ring substituents is 1. The summed E-state index contributed by atoms with van der Waals surface area (Å²) in [6.07, 6.45) is 0.893. The number of H-pyrrole nitrogens is 1. The van der Waals surface area contributed by atoms with Crippen molar-refractivity contribution in [2.75, 3.05) is 6.61 Å². The molecule has 156 valence electrons. The van der Waals surface area contributed by atoms with Gasteiger partial charge in [-0.05, 0) is 24.1 Å². The van der Waals surface area contributed by atoms with E-state index in [0.717, 1.165) is 17.7 Å². The number of nitrogens with zero attached hydrogens (tertiary/aromatic N) is 3. The minimum atomic E-state index is -0.554. The van der Waals surface area contributed by atoms with Crippen molar-refractivity contribution in [2.24, 2.45) is 5.73 Å². The zero-order valence-corrected chi connectivity index (χ0v) is 16.7. The van der Waals surface area contributed by atoms with E-state index in [1.54, 1.807) is 12.1 Å². The summed E-state index contributed by atoms with van der Waals surface area (Å²) in [5.74, 6) is 0.374. The predicted octanol–water partition coefficient (Wildman–Crippen LogP) is 3.99. The largest absolute Gasteiger partial charge is 0.494 e. The highest BCUT2D eigenvalue weighted by atomic mass is 16.6. The van der Waals surface area contributed by atoms with Gasteiger partial charge >= 0.3 is 0 Å². The van der Waals surface area contributed by atoms with Crippen molar-refractivity contribution >= 4 is 5.69 Å². The SMILES string of the molecule is CCCOc1ccc(C2C(C#N)=C(N)Oc3n[nH]c(-c4cccc([N+](=O)[O-])c4)c32)cc1. The van der Waals surface area contributed by atoms with E-state index in [9.17, 15) is 15.4 Å². The van der Waals surface area contributed by atoms with Crippen LogP contribution in [0.3, 0.4) is 0 Å². The molecule has 2 heterocycles. The van der Waals surface area contributed by atoms with E-state index in [-0.39, 0.29) is 23.0 Å². The van der Waals surface area contributed by atoms with Crippen LogP contribution in [0.4, 0.5) is 5.69 Å². The molecule has 3 aromatic rings. The van der Waals surface area contributed by atoms with Gasteiger partial charge in [-0.1, -0.05) is 31.2 Å². The third-order valence-electron chi connectivity index (χ3n) is 4.97. The standard InChI is InChI=1S/C22H19N5O4/c1-2-10-30-16-8-6-13(7-9-16)18-17(12-23)21(24)31-22-19(18)20(25-26-22)14-4-3-5-15(11-14)27(28)29/h3-9,11,18H,2,10,24H2,1H3,(H,25,26). The van der Waals surface area contributed by atoms with Crippen molar-refractivity contribution in [3.63, 3.8) is 0 Å². The second-order valence-corrected chi connectivity index (χ2v) is 6.97. The van der Waals surface area contributed by atoms with Gasteiger partial charge in [-0.15, -0.1) is 5.10 Å². The van der Waals surface area contributed by atoms with E-state index in [4.69, 9.17) is 15.2 Å². The Kier molecular flexibility index (Phi) is 5.28. The number of nitrogens with one attached hydrogen (secondary N) is 1. The minimum absolute atomic E-state index is 0.0246. The van der Waals surface area contributed by atoms with Gasteiger partial charge in [0.2, 0.25) is 11.8 Å². The quantitative estimate of drug-likeness (QED) is 0.456. The lowest BCUT2D eigenvalue weighted by molar-refractivity contribution is -0.384. The molecule has 0 saturated carbocycles. The molecule has 1 aliphatic heterocycles. The Morgan fingerprint density at radius 2 is 2.10 bits per heavy atom. The molecule has 0 radical (unpaired) electrons. The van der Waals surface area contributed by atoms with Crippen molar-refractivity contribution in [2.45, 2.75) is 19.3 Å². The third kappa shape index (κ3) is 3.67. The minimum Gasteiger partial charge on any atom is -0.494 e. The average molecular weight is 417 g/mol. The molecule has 1 aromatic heterocycles. The summed E-state index contributed by atoms with van der Waals surface area (Å²) in [6.45, 7) is 2.63. The molecule has 0 aliphatic carbocycles. The fraction of sp³-hybridized carbons (Fsp3) is 0.182. The lowest BCUT2D eigenvalue weighted by Gasteiger charge is -2.24. The highest BCUT2D eigenvalue weighted by Crippen LogP contribution is 2.46. The molecule has 3 N–H and O–H groups in total. The number of nitro groups is 1. The number of aromatic nitrogens is 2. The van der Waals surface area contributed by atoms with Crippen LogP contribution in [0.1, 0.15) is 30.4 Å². The fourth-order valence-electron chi connectivity index (χ4n) is 3.55. The Morgan fingerprint density at radius 1 is 1.32 bits per heavy atom. The summed E-state index contributed by atoms with van der Waals surface area (Å²) < 4.78 is 11.2. The van der Waals surface area contributed by atoms with Crippen LogP contribution in [-0.2, 0) is 0 Å². The maximum Gasteiger partial charge on any atom is 0.270 e. The number of nitro benzene ring substituents is 1. The van der Waals surface area contributed by atoms with Crippen molar-refractivity contribution < 1.29 is 14.4 Å². The summed E-state index contributed by atoms with van der Waals surface area (Å²) in [5, 5.41) is 28.1. The maximum atomic E-state index is 11.2. The molecule has 0 fully saturated rings. The monoisotopic (exact) mass is 417 g/mol. The summed E-state index contributed by atoms with van der Waals surface area (Å²) >= 11 is 0. The number of nitriles is 1. The van der Waals surface area contributed by atoms with Crippen molar-refractivity contribution in [1.82, 2.24) is 10.2 Å². The summed E-state index contributed by atoms with van der Waals surface area (Å²) in [4.78, 5) is 10.8. The highest BCUT2D eigenvalue weighted by molar-refractivity contribution is 5.72. The van der Waals surface area contributed by atoms with Crippen molar-refractivity contribution in [1.29, 1.82) is 5.26 Å². The van der Waals surface area contributed by atoms with E-state index in [0.29, 0.717) is 23.4 Å². The van der Waals surface area contributed by atoms with Crippen LogP contribution in [0.5, 0.6) is 11.6 Å². The molecule has 31 heavy (non-hydrogen) atoms. The van der Waals surface area contributed by atoms with Gasteiger partial charge < -0.3 is 15.2 Å². The van der Waals surface area contributed by atoms with E-state index in [1.165, 1.54) is 12.1 Å². The van der Waals surface area contributed by atoms with E-state index < -0.39 is 10.8 Å². The van der Waals surface area contributed by atoms with E-state index in [1.807, 2.05) is 31.2 Å². The van der Waals surface area contributed by atoms with Crippen LogP contribution in [-0.4, -0.2) is 21.7 Å². The van der Waals surface area contributed by atoms with Gasteiger partial charge in [0.05, 0.1) is 28.7 Å². The normalized spacial score (nSPS) is 15.0. The summed E-state index contributed by atoms with van der Waals surface area (Å²) in [6, 6.07) is 15.7. The lowest BCUT2D eigenvalue weighted by Crippen LogP contribution is -2.21. The first-order valence-corrected chi connectivity index (χ1v) is 9.67. The Balaban J connectivity index is 1.83. The predicted molar refractivity (Wildman–Crippen MR) is 112 cm³/mol. The number of ether oxygens (including phenoxy) is 2. The molecule has 1 unspecified atom stereocenters. The van der Waals surface area contributed by atoms with Crippen LogP contribution in [0.15, 0.2) is 60.0 Å². The molecule has 0 saturated heterocycles. The second-order valence-electron chi connectivity index (χ2n) is 6.97. The highest BCUT2D eigenvalue weighted by Gasteiger charge is 2.35. The van der Waals surface area contributed by atoms with Gasteiger partial charge in [0.1, 0.15) is 17.4 Å². The van der Waals surface area contributed by atoms with Crippen molar-refractivity contribution in [3.05, 3.63) is 81.2 Å². The number of hydrogen-bond acceptors (Lipinski definition) is 7. The van der Waals surface area contributed by atoms with Gasteiger partial charge in [-0.25, -0.2) is 0 Å². The number of hydrogen-bond donors (Lipinski definition) is 2. The van der Waals surface area contributed by atoms with Crippen LogP contribution in [0, 0.1) is 21.4 Å². The van der Waals surface area contributed by atoms with Gasteiger partial charge in [0.25, 0.3) is 5.69 Å². The van der Waals surface area contributed by atoms with Crippen LogP contribution < -0.4 is 15.2 Å². The number of benzene rings is 2. The molecule has 9 heteroatoms. The second kappa shape index (κ2) is 8.20. The van der Waals surface area contributed by atoms with Gasteiger partial charge in [-0.2, -0.15) is 5.26 Å². The van der Waals surface area contributed by atoms with Gasteiger partial charge in [0, 0.05) is 17.7 Å². The first-order chi connectivity index (χ1) is 15.0. The van der Waals surface area contributed by atoms with E-state index in [2.05, 4.69) is 16.3 Å². The molecule has 9 nitrogen and oxygen atoms in total. The number of nitrogens with two attached hydrogens (primary N) is 1. The van der Waals surface area contributed by atoms with Crippen molar-refractivity contribution in [3.8, 4) is 29.0 Å². The summed E-state index contributed by atoms with van der Waals surface area (Å²) in [5.41, 5.74) is 8.65. The number of aromatic amines is 1. The lowest BCUT2D eigenvalue weighted by atomic mass is 9.83. The fourth-order valence-corrected chi connectivity index (χ4v) is 3.55. The topological polar surface area (TPSA) is 140 Å². The smallest absolute Gasteiger partial charge is 0.270 e. The molecule has 0 amide bonds. The molecule has 2 aromatic carbocycles. The van der Waals surface area contributed by atoms with Crippen LogP contribution in [0.25, 0.3) is 11.3 Å². The molecule has 0 spiro atoms. The molecular formula is C22H19N5O4. The van der Waals surface area contributed by atoms with Gasteiger partial charge in [0.15, 0.2) is 0 Å². The Bertz CT molecular complexity index is 1210. The molecule has 0 bridgehead atoms. The number of rotatable bonds is 6. The molecule has 1 atom stereocenters. The number of allylic oxidation sites excluding steroid dienone is 1. The molecule has 4 rings (SSSR count). The Morgan fingerprint density at radius 3 is 2.77 bits per heavy atom. The first kappa shape index (κ1) is 20.0. The van der Waals surface area contributed by atoms with Crippen LogP contribution in [0.2, 0.25) is 0 Å². The molecule has 1 aliphatic rings. The first-order valence-electron chi connectivity index (χ1n) is 9.67. The Labute approximate surface area is 177 Å². The van der Waals surface area contributed by atoms with E-state index >= 15 is 0 Å². The van der Waals surface area contributed by atoms with Crippen LogP contribution >= 0.6 is 0 Å². The molecular weight excluding hydrogens is 398 g/mol. The number of fused-ring (bicyclic) bond motifs is 1. The summed E-state index contributed by atoms with van der Waals surface area (Å²) in [7, 11) is 0. The zero-order chi connectivity index (χ0) is 22.0. The zero-order valence-electron chi connectivity index (χ0n) is 16.7. The Hall–Kier alpha value is -4.32. The third-order valence-corrected chi connectivity index (χ3v) is 4.97.